The van der Waals surface area contributed by atoms with E-state index in [1.807, 2.05) is 11.9 Å². The molecule has 0 aromatic rings. The van der Waals surface area contributed by atoms with Crippen molar-refractivity contribution in [1.29, 1.82) is 0 Å². The normalized spacial score (nSPS) is 40.8. The van der Waals surface area contributed by atoms with Crippen LogP contribution in [0.25, 0.3) is 0 Å². The van der Waals surface area contributed by atoms with Gasteiger partial charge in [0.2, 0.25) is 5.91 Å². The molecule has 0 spiro atoms. The number of nitrogens with one attached hydrogen (secondary N) is 2. The van der Waals surface area contributed by atoms with Crippen LogP contribution in [0, 0.1) is 23.2 Å². The average Bonchev–Trinajstić information content (AvgIpc) is 2.70. The molecule has 5 aliphatic rings. The van der Waals surface area contributed by atoms with Gasteiger partial charge in [0.25, 0.3) is 0 Å². The summed E-state index contributed by atoms with van der Waals surface area (Å²) >= 11 is 0. The Kier molecular flexibility index (Phi) is 4.21. The molecule has 0 aromatic heterocycles. The Labute approximate surface area is 144 Å². The summed E-state index contributed by atoms with van der Waals surface area (Å²) < 4.78 is 0. The second kappa shape index (κ2) is 6.23. The average molecular weight is 333 g/mol. The van der Waals surface area contributed by atoms with E-state index in [0.29, 0.717) is 5.41 Å². The molecular weight excluding hydrogens is 302 g/mol. The Morgan fingerprint density at radius 2 is 1.79 bits per heavy atom. The maximum absolute atomic E-state index is 12.6. The first-order chi connectivity index (χ1) is 11.5. The van der Waals surface area contributed by atoms with Crippen LogP contribution in [0.4, 0.5) is 4.79 Å². The number of rotatable bonds is 3. The number of urea groups is 1. The minimum atomic E-state index is -0.362. The van der Waals surface area contributed by atoms with Gasteiger partial charge in [-0.3, -0.25) is 4.79 Å². The predicted octanol–water partition coefficient (Wildman–Crippen LogP) is 2.51. The lowest BCUT2D eigenvalue weighted by Gasteiger charge is -2.57. The van der Waals surface area contributed by atoms with Crippen molar-refractivity contribution in [3.8, 4) is 0 Å². The maximum atomic E-state index is 12.6. The number of carbonyl (C=O) groups is 2. The smallest absolute Gasteiger partial charge is 0.317 e. The molecule has 0 aromatic carbocycles. The zero-order valence-electron chi connectivity index (χ0n) is 14.9. The molecule has 5 fully saturated rings. The van der Waals surface area contributed by atoms with Gasteiger partial charge in [-0.1, -0.05) is 0 Å². The fourth-order valence-electron chi connectivity index (χ4n) is 6.39. The Morgan fingerprint density at radius 3 is 2.42 bits per heavy atom. The van der Waals surface area contributed by atoms with Crippen molar-refractivity contribution in [1.82, 2.24) is 15.5 Å². The first kappa shape index (κ1) is 16.2. The molecule has 5 rings (SSSR count). The number of amides is 3. The molecule has 24 heavy (non-hydrogen) atoms. The zero-order chi connectivity index (χ0) is 16.7. The third-order valence-corrected chi connectivity index (χ3v) is 6.92. The minimum Gasteiger partial charge on any atom is -0.354 e. The highest BCUT2D eigenvalue weighted by atomic mass is 16.2. The van der Waals surface area contributed by atoms with Gasteiger partial charge in [-0.25, -0.2) is 4.79 Å². The molecule has 1 atom stereocenters. The molecule has 5 heteroatoms. The summed E-state index contributed by atoms with van der Waals surface area (Å²) in [5, 5.41) is 5.86. The standard InChI is InChI=1S/C19H31N3O2/c1-22(18(24)21-16-4-2-3-5-20-17(16)23)12-19-9-13-6-14(10-19)8-15(7-13)11-19/h13-16H,2-12H2,1H3,(H,20,23)(H,21,24). The highest BCUT2D eigenvalue weighted by molar-refractivity contribution is 5.87. The lowest BCUT2D eigenvalue weighted by Crippen LogP contribution is -2.55. The molecule has 1 saturated heterocycles. The van der Waals surface area contributed by atoms with E-state index in [0.717, 1.165) is 50.1 Å². The van der Waals surface area contributed by atoms with Crippen LogP contribution in [-0.4, -0.2) is 43.0 Å². The second-order valence-electron chi connectivity index (χ2n) is 9.06. The highest BCUT2D eigenvalue weighted by Crippen LogP contribution is 2.60. The molecule has 1 aliphatic heterocycles. The molecule has 1 unspecified atom stereocenters. The van der Waals surface area contributed by atoms with Gasteiger partial charge < -0.3 is 15.5 Å². The summed E-state index contributed by atoms with van der Waals surface area (Å²) in [4.78, 5) is 26.5. The number of hydrogen-bond donors (Lipinski definition) is 2. The van der Waals surface area contributed by atoms with Crippen molar-refractivity contribution >= 4 is 11.9 Å². The Bertz CT molecular complexity index is 483. The van der Waals surface area contributed by atoms with Gasteiger partial charge in [0.15, 0.2) is 0 Å². The topological polar surface area (TPSA) is 61.4 Å². The molecule has 4 bridgehead atoms. The van der Waals surface area contributed by atoms with Crippen LogP contribution < -0.4 is 10.6 Å². The number of nitrogens with zero attached hydrogens (tertiary/aromatic N) is 1. The highest BCUT2D eigenvalue weighted by Gasteiger charge is 2.51. The van der Waals surface area contributed by atoms with E-state index in [-0.39, 0.29) is 18.0 Å². The maximum Gasteiger partial charge on any atom is 0.317 e. The molecule has 2 N–H and O–H groups in total. The van der Waals surface area contributed by atoms with E-state index in [9.17, 15) is 9.59 Å². The SMILES string of the molecule is CN(CC12CC3CC(CC(C3)C1)C2)C(=O)NC1CCCCNC1=O. The quantitative estimate of drug-likeness (QED) is 0.834. The third-order valence-electron chi connectivity index (χ3n) is 6.92. The molecule has 5 nitrogen and oxygen atoms in total. The fraction of sp³-hybridized carbons (Fsp3) is 0.895. The van der Waals surface area contributed by atoms with E-state index in [2.05, 4.69) is 10.6 Å². The van der Waals surface area contributed by atoms with E-state index < -0.39 is 0 Å². The summed E-state index contributed by atoms with van der Waals surface area (Å²) in [5.74, 6) is 2.69. The first-order valence-corrected chi connectivity index (χ1v) is 9.82. The van der Waals surface area contributed by atoms with Crippen LogP contribution in [0.15, 0.2) is 0 Å². The number of hydrogen-bond acceptors (Lipinski definition) is 2. The number of carbonyl (C=O) groups excluding carboxylic acids is 2. The molecule has 0 radical (unpaired) electrons. The van der Waals surface area contributed by atoms with E-state index in [1.165, 1.54) is 38.5 Å². The van der Waals surface area contributed by atoms with Crippen LogP contribution in [0.3, 0.4) is 0 Å². The monoisotopic (exact) mass is 333 g/mol. The summed E-state index contributed by atoms with van der Waals surface area (Å²) in [6.07, 6.45) is 10.9. The van der Waals surface area contributed by atoms with Crippen molar-refractivity contribution in [2.75, 3.05) is 20.1 Å². The second-order valence-corrected chi connectivity index (χ2v) is 9.06. The van der Waals surface area contributed by atoms with Crippen LogP contribution in [0.1, 0.15) is 57.8 Å². The largest absolute Gasteiger partial charge is 0.354 e. The van der Waals surface area contributed by atoms with Gasteiger partial charge in [-0.2, -0.15) is 0 Å². The van der Waals surface area contributed by atoms with E-state index in [4.69, 9.17) is 0 Å². The van der Waals surface area contributed by atoms with Gasteiger partial charge in [-0.15, -0.1) is 0 Å². The van der Waals surface area contributed by atoms with Gasteiger partial charge in [0.1, 0.15) is 6.04 Å². The molecular formula is C19H31N3O2. The minimum absolute atomic E-state index is 0.0240. The van der Waals surface area contributed by atoms with Gasteiger partial charge >= 0.3 is 6.03 Å². The lowest BCUT2D eigenvalue weighted by atomic mass is 9.49. The van der Waals surface area contributed by atoms with Crippen molar-refractivity contribution < 1.29 is 9.59 Å². The van der Waals surface area contributed by atoms with E-state index >= 15 is 0 Å². The van der Waals surface area contributed by atoms with E-state index in [1.54, 1.807) is 0 Å². The van der Waals surface area contributed by atoms with Gasteiger partial charge in [0.05, 0.1) is 0 Å². The van der Waals surface area contributed by atoms with Crippen molar-refractivity contribution in [3.05, 3.63) is 0 Å². The molecule has 3 amide bonds. The third kappa shape index (κ3) is 3.14. The van der Waals surface area contributed by atoms with Crippen molar-refractivity contribution in [2.24, 2.45) is 23.2 Å². The van der Waals surface area contributed by atoms with Crippen LogP contribution >= 0.6 is 0 Å². The predicted molar refractivity (Wildman–Crippen MR) is 92.4 cm³/mol. The Balaban J connectivity index is 1.36. The summed E-state index contributed by atoms with van der Waals surface area (Å²) in [7, 11) is 1.91. The van der Waals surface area contributed by atoms with Crippen LogP contribution in [0.5, 0.6) is 0 Å². The summed E-state index contributed by atoms with van der Waals surface area (Å²) in [6.45, 7) is 1.59. The van der Waals surface area contributed by atoms with Crippen molar-refractivity contribution in [2.45, 2.75) is 63.8 Å². The molecule has 4 saturated carbocycles. The zero-order valence-corrected chi connectivity index (χ0v) is 14.9. The summed E-state index contributed by atoms with van der Waals surface area (Å²) in [6, 6.07) is -0.438. The van der Waals surface area contributed by atoms with Crippen LogP contribution in [-0.2, 0) is 4.79 Å². The Hall–Kier alpha value is -1.26. The first-order valence-electron chi connectivity index (χ1n) is 9.82. The molecule has 1 heterocycles. The Morgan fingerprint density at radius 1 is 1.17 bits per heavy atom. The lowest BCUT2D eigenvalue weighted by molar-refractivity contribution is -0.122. The van der Waals surface area contributed by atoms with Crippen LogP contribution in [0.2, 0.25) is 0 Å². The fourth-order valence-corrected chi connectivity index (χ4v) is 6.39. The van der Waals surface area contributed by atoms with Gasteiger partial charge in [-0.05, 0) is 81.0 Å². The molecule has 4 aliphatic carbocycles. The van der Waals surface area contributed by atoms with Crippen molar-refractivity contribution in [3.63, 3.8) is 0 Å². The van der Waals surface area contributed by atoms with Gasteiger partial charge in [0, 0.05) is 20.1 Å². The summed E-state index contributed by atoms with van der Waals surface area (Å²) in [5.41, 5.74) is 0.354. The molecule has 134 valence electrons.